The van der Waals surface area contributed by atoms with Crippen molar-refractivity contribution in [3.05, 3.63) is 240 Å². The molecule has 0 spiro atoms. The Morgan fingerprint density at radius 3 is 1.47 bits per heavy atom. The summed E-state index contributed by atoms with van der Waals surface area (Å²) in [4.78, 5) is 77.0. The van der Waals surface area contributed by atoms with Gasteiger partial charge in [-0.2, -0.15) is 4.98 Å². The summed E-state index contributed by atoms with van der Waals surface area (Å²) >= 11 is 8.15. The minimum Gasteiger partial charge on any atom is -0.496 e. The minimum atomic E-state index is -0.342. The van der Waals surface area contributed by atoms with Crippen molar-refractivity contribution in [2.24, 2.45) is 10.4 Å². The lowest BCUT2D eigenvalue weighted by molar-refractivity contribution is 0.0322. The van der Waals surface area contributed by atoms with Crippen molar-refractivity contribution in [2.75, 3.05) is 162 Å². The number of benzene rings is 5. The van der Waals surface area contributed by atoms with Crippen molar-refractivity contribution in [3.8, 4) is 73.9 Å². The Hall–Kier alpha value is -9.50. The Morgan fingerprint density at radius 2 is 0.936 bits per heavy atom. The van der Waals surface area contributed by atoms with Gasteiger partial charge in [0.1, 0.15) is 42.8 Å². The monoisotopic (exact) mass is 2010 g/mol. The highest BCUT2D eigenvalue weighted by atomic mass is 32.2. The van der Waals surface area contributed by atoms with Gasteiger partial charge in [0, 0.05) is 175 Å². The van der Waals surface area contributed by atoms with Crippen LogP contribution in [-0.2, 0) is 87.6 Å². The van der Waals surface area contributed by atoms with Gasteiger partial charge in [-0.05, 0) is 144 Å². The van der Waals surface area contributed by atoms with Crippen molar-refractivity contribution in [1.29, 1.82) is 0 Å². The molecule has 141 heavy (non-hydrogen) atoms. The number of hydrogen-bond donors (Lipinski definition) is 1. The molecule has 1 N–H and O–H groups in total. The zero-order valence-electron chi connectivity index (χ0n) is 86.6. The van der Waals surface area contributed by atoms with Gasteiger partial charge in [0.2, 0.25) is 5.88 Å². The first-order valence-electron chi connectivity index (χ1n) is 49.6. The predicted molar refractivity (Wildman–Crippen MR) is 584 cm³/mol. The maximum absolute atomic E-state index is 13.5. The number of amidine groups is 1. The fourth-order valence-electron chi connectivity index (χ4n) is 19.5. The van der Waals surface area contributed by atoms with Gasteiger partial charge in [0.25, 0.3) is 16.7 Å². The van der Waals surface area contributed by atoms with Crippen LogP contribution in [-0.4, -0.2) is 226 Å². The van der Waals surface area contributed by atoms with Gasteiger partial charge < -0.3 is 52.8 Å². The number of nitrogens with zero attached hydrogens (tertiary/aromatic N) is 12. The van der Waals surface area contributed by atoms with Crippen molar-refractivity contribution in [3.63, 3.8) is 0 Å². The molecule has 7 aliphatic rings. The topological polar surface area (TPSA) is 247 Å². The normalized spacial score (nSPS) is 15.8. The Bertz CT molecular complexity index is 6150. The molecular weight excluding hydrogens is 1870 g/mol. The number of rotatable bonds is 38. The molecule has 5 aliphatic carbocycles. The van der Waals surface area contributed by atoms with Crippen molar-refractivity contribution in [2.45, 2.75) is 211 Å². The zero-order valence-corrected chi connectivity index (χ0v) is 90.7. The Labute approximate surface area is 857 Å². The summed E-state index contributed by atoms with van der Waals surface area (Å²) in [6, 6.07) is 33.1. The fourth-order valence-corrected chi connectivity index (χ4v) is 23.2. The summed E-state index contributed by atoms with van der Waals surface area (Å²) in [6.45, 7) is 64.3. The third-order valence-corrected chi connectivity index (χ3v) is 30.6. The van der Waals surface area contributed by atoms with Crippen molar-refractivity contribution in [1.82, 2.24) is 53.3 Å². The second-order valence-corrected chi connectivity index (χ2v) is 44.8. The molecule has 16 rings (SSSR count). The van der Waals surface area contributed by atoms with Crippen molar-refractivity contribution < 1.29 is 43.0 Å². The lowest BCUT2D eigenvalue weighted by atomic mass is 9.71. The number of allylic oxidation sites excluding steroid dienone is 3. The summed E-state index contributed by atoms with van der Waals surface area (Å²) in [6.07, 6.45) is 12.0. The fraction of sp³-hybridized carbons (Fsp3) is 0.491. The second-order valence-electron chi connectivity index (χ2n) is 38.8. The SMILES string of the molecule is C=CCN1CC2=C(N=C1SCC)c1ccc(OCCN(CC)CC)cc1CC2(C)C.C=CCn1c(SCC)nc2c(c1=O)C(C)(C)Cc1c(OC)cccc1-2.C=CCn1c(SCC)nc2c(c1=O)C(C)(C)Cc1c(OCCOC)cccc1-2.C=CCn1c(SCC)nc2c(c1=O)C(C)(C)Cc1cc(OCCN3CCOCC3)ccc1-2.COCCSc1nc(OCCCO)c2c(n1)-c1ccccc1CC2(C)C. The highest BCUT2D eigenvalue weighted by Gasteiger charge is 2.44. The van der Waals surface area contributed by atoms with Crippen LogP contribution >= 0.6 is 58.8 Å². The third-order valence-electron chi connectivity index (χ3n) is 26.3. The van der Waals surface area contributed by atoms with Gasteiger partial charge in [-0.1, -0.05) is 242 Å². The highest BCUT2D eigenvalue weighted by Crippen LogP contribution is 2.52. The number of aliphatic hydroxyl groups excluding tert-OH is 1. The summed E-state index contributed by atoms with van der Waals surface area (Å²) in [5.41, 5.74) is 20.1. The molecule has 4 aromatic heterocycles. The van der Waals surface area contributed by atoms with Gasteiger partial charge in [-0.3, -0.25) is 33.0 Å². The quantitative estimate of drug-likeness (QED) is 0.0163. The molecule has 1 saturated heterocycles. The summed E-state index contributed by atoms with van der Waals surface area (Å²) < 4.78 is 50.6. The van der Waals surface area contributed by atoms with Gasteiger partial charge in [-0.15, -0.1) is 26.3 Å². The lowest BCUT2D eigenvalue weighted by Gasteiger charge is -2.41. The molecule has 0 saturated carbocycles. The number of likely N-dealkylation sites (N-methyl/N-ethyl adjacent to an activating group) is 1. The molecule has 1 fully saturated rings. The maximum Gasteiger partial charge on any atom is 0.258 e. The van der Waals surface area contributed by atoms with Crippen LogP contribution in [0.2, 0.25) is 0 Å². The minimum absolute atomic E-state index is 0.0298. The zero-order chi connectivity index (χ0) is 102. The number of thioether (sulfide) groups is 5. The molecule has 0 radical (unpaired) electrons. The van der Waals surface area contributed by atoms with E-state index < -0.39 is 0 Å². The van der Waals surface area contributed by atoms with E-state index in [9.17, 15) is 14.4 Å². The molecule has 5 aromatic carbocycles. The molecular formula is C112H148N12O12S5. The van der Waals surface area contributed by atoms with E-state index in [-0.39, 0.29) is 50.4 Å². The molecule has 24 nitrogen and oxygen atoms in total. The number of methoxy groups -OCH3 is 3. The number of aliphatic hydroxyl groups is 1. The standard InChI is InChI=1S/C25H33N3O3S.C25H37N3OS.C22H28N2O3S.C20H26N2O3S.C20H24N2O2S/c1-5-9-28-23(29)21-22(26-24(28)32-6-2)20-8-7-19(16-18(20)17-25(21,3)4)31-15-12-27-10-13-30-14-11-27;1-7-13-28-18-22-23(26-24(28)30-10-4)21-12-11-20(16-19(21)17-25(22,5)6)29-15-14-27(8-2)9-3;1-6-11-24-20(25)18-19(23-21(24)28-7-2)15-9-8-10-17(27-13-12-26-5)16(15)14-22(18,3)4;1-20(2)13-14-7-4-5-8-15(14)17-16(20)18(25-10-6-9-23)22-19(21-17)26-12-11-24-3;1-6-11-22-18(23)16-17(21-19(22)25-7-2)13-9-8-10-15(24-5)14(13)12-20(16,3)4/h5,7-8,16H,1,6,9-15,17H2,2-4H3;7,11-12,16H,1,8-10,13-15,17-18H2,2-6H3;6,8-10H,1,7,11-14H2,2-5H3;4-5,7-8,23H,6,9-13H2,1-3H3;6,8-10H,1,7,11-12H2,2-5H3. The average molecular weight is 2010 g/mol. The highest BCUT2D eigenvalue weighted by molar-refractivity contribution is 8.13. The Balaban J connectivity index is 0.000000158. The van der Waals surface area contributed by atoms with E-state index in [1.54, 1.807) is 100 Å². The van der Waals surface area contributed by atoms with Gasteiger partial charge in [-0.25, -0.2) is 24.9 Å². The van der Waals surface area contributed by atoms with Crippen LogP contribution in [0.5, 0.6) is 28.9 Å². The molecule has 0 atom stereocenters. The van der Waals surface area contributed by atoms with E-state index in [0.29, 0.717) is 70.1 Å². The van der Waals surface area contributed by atoms with Crippen LogP contribution in [0.1, 0.15) is 173 Å². The van der Waals surface area contributed by atoms with E-state index in [4.69, 9.17) is 72.9 Å². The van der Waals surface area contributed by atoms with Gasteiger partial charge >= 0.3 is 0 Å². The second kappa shape index (κ2) is 50.8. The number of ether oxygens (including phenoxy) is 8. The van der Waals surface area contributed by atoms with Gasteiger partial charge in [0.05, 0.1) is 68.6 Å². The van der Waals surface area contributed by atoms with Gasteiger partial charge in [0.15, 0.2) is 25.8 Å². The number of aromatic nitrogens is 8. The molecule has 758 valence electrons. The van der Waals surface area contributed by atoms with Crippen LogP contribution in [0, 0.1) is 5.41 Å². The van der Waals surface area contributed by atoms with E-state index in [1.165, 1.54) is 33.5 Å². The largest absolute Gasteiger partial charge is 0.496 e. The van der Waals surface area contributed by atoms with E-state index in [0.717, 1.165) is 255 Å². The molecule has 29 heteroatoms. The number of fused-ring (bicyclic) bond motifs is 14. The van der Waals surface area contributed by atoms with Crippen LogP contribution in [0.25, 0.3) is 50.7 Å². The summed E-state index contributed by atoms with van der Waals surface area (Å²) in [5.74, 6) is 8.55. The Kier molecular flexibility index (Phi) is 39.8. The average Bonchev–Trinajstić information content (AvgIpc) is 0.726. The van der Waals surface area contributed by atoms with Crippen LogP contribution < -0.4 is 40.4 Å². The van der Waals surface area contributed by atoms with Crippen molar-refractivity contribution >= 4 is 69.7 Å². The summed E-state index contributed by atoms with van der Waals surface area (Å²) in [5, 5.41) is 13.1. The molecule has 0 bridgehead atoms. The van der Waals surface area contributed by atoms with E-state index in [1.807, 2.05) is 66.4 Å². The van der Waals surface area contributed by atoms with E-state index in [2.05, 4.69) is 200 Å². The van der Waals surface area contributed by atoms with Crippen LogP contribution in [0.15, 0.2) is 193 Å². The van der Waals surface area contributed by atoms with E-state index >= 15 is 0 Å². The molecule has 9 aromatic rings. The third kappa shape index (κ3) is 26.1. The lowest BCUT2D eigenvalue weighted by Crippen LogP contribution is -2.40. The molecule has 0 unspecified atom stereocenters. The molecule has 2 aliphatic heterocycles. The predicted octanol–water partition coefficient (Wildman–Crippen LogP) is 20.7. The number of hydrogen-bond acceptors (Lipinski definition) is 26. The molecule has 6 heterocycles. The maximum atomic E-state index is 13.5. The first kappa shape index (κ1) is 110. The smallest absolute Gasteiger partial charge is 0.258 e. The first-order chi connectivity index (χ1) is 67.8. The number of morpholine rings is 1. The van der Waals surface area contributed by atoms with Crippen LogP contribution in [0.3, 0.4) is 0 Å². The first-order valence-corrected chi connectivity index (χ1v) is 54.5. The summed E-state index contributed by atoms with van der Waals surface area (Å²) in [7, 11) is 5.04. The van der Waals surface area contributed by atoms with Crippen LogP contribution in [0.4, 0.5) is 0 Å². The molecule has 0 amide bonds. The Morgan fingerprint density at radius 1 is 0.461 bits per heavy atom. The number of aliphatic imine (C=N–C) groups is 1.